The minimum atomic E-state index is -4.82. The normalized spacial score (nSPS) is 11.5. The van der Waals surface area contributed by atoms with E-state index in [-0.39, 0.29) is 17.9 Å². The highest BCUT2D eigenvalue weighted by Crippen LogP contribution is 2.29. The minimum Gasteiger partial charge on any atom is -0.402 e. The first kappa shape index (κ1) is 11.4. The maximum atomic E-state index is 11.9. The summed E-state index contributed by atoms with van der Waals surface area (Å²) in [6, 6.07) is 1.02. The van der Waals surface area contributed by atoms with E-state index in [2.05, 4.69) is 9.72 Å². The van der Waals surface area contributed by atoms with Crippen LogP contribution in [-0.4, -0.2) is 11.3 Å². The number of anilines is 2. The third kappa shape index (κ3) is 2.88. The van der Waals surface area contributed by atoms with Crippen LogP contribution in [0.1, 0.15) is 5.56 Å². The number of rotatable bonds is 2. The van der Waals surface area contributed by atoms with E-state index in [4.69, 9.17) is 17.2 Å². The highest BCUT2D eigenvalue weighted by Gasteiger charge is 2.32. The minimum absolute atomic E-state index is 0.00970. The average Bonchev–Trinajstić information content (AvgIpc) is 2.07. The lowest BCUT2D eigenvalue weighted by atomic mass is 10.2. The van der Waals surface area contributed by atoms with E-state index in [0.29, 0.717) is 0 Å². The highest BCUT2D eigenvalue weighted by molar-refractivity contribution is 5.55. The van der Waals surface area contributed by atoms with E-state index in [9.17, 15) is 13.2 Å². The SMILES string of the molecule is NCc1cc(OC(F)(F)F)c(N)nc1N. The van der Waals surface area contributed by atoms with Crippen LogP contribution in [0, 0.1) is 0 Å². The van der Waals surface area contributed by atoms with Crippen molar-refractivity contribution >= 4 is 11.6 Å². The van der Waals surface area contributed by atoms with Gasteiger partial charge in [-0.15, -0.1) is 13.2 Å². The lowest BCUT2D eigenvalue weighted by Gasteiger charge is -2.12. The van der Waals surface area contributed by atoms with Crippen molar-refractivity contribution in [2.45, 2.75) is 12.9 Å². The van der Waals surface area contributed by atoms with Gasteiger partial charge in [0.25, 0.3) is 0 Å². The molecule has 1 aromatic rings. The second-order valence-electron chi connectivity index (χ2n) is 2.67. The Morgan fingerprint density at radius 3 is 2.33 bits per heavy atom. The van der Waals surface area contributed by atoms with Crippen LogP contribution in [0.4, 0.5) is 24.8 Å². The molecular formula is C7H9F3N4O. The summed E-state index contributed by atoms with van der Waals surface area (Å²) in [6.45, 7) is -0.0483. The Morgan fingerprint density at radius 2 is 1.87 bits per heavy atom. The molecule has 0 radical (unpaired) electrons. The summed E-state index contributed by atoms with van der Waals surface area (Å²) < 4.78 is 39.3. The molecule has 8 heteroatoms. The van der Waals surface area contributed by atoms with Gasteiger partial charge in [0.1, 0.15) is 5.82 Å². The van der Waals surface area contributed by atoms with Gasteiger partial charge in [-0.1, -0.05) is 0 Å². The molecule has 1 heterocycles. The van der Waals surface area contributed by atoms with Crippen molar-refractivity contribution in [1.82, 2.24) is 4.98 Å². The monoisotopic (exact) mass is 222 g/mol. The Bertz CT molecular complexity index is 366. The van der Waals surface area contributed by atoms with Gasteiger partial charge in [0, 0.05) is 12.1 Å². The largest absolute Gasteiger partial charge is 0.573 e. The second-order valence-corrected chi connectivity index (χ2v) is 2.67. The maximum Gasteiger partial charge on any atom is 0.573 e. The second kappa shape index (κ2) is 3.81. The first-order valence-electron chi connectivity index (χ1n) is 3.84. The number of hydrogen-bond acceptors (Lipinski definition) is 5. The van der Waals surface area contributed by atoms with E-state index in [1.165, 1.54) is 0 Å². The molecule has 0 bridgehead atoms. The molecule has 0 atom stereocenters. The van der Waals surface area contributed by atoms with Gasteiger partial charge in [-0.3, -0.25) is 0 Å². The van der Waals surface area contributed by atoms with Gasteiger partial charge in [-0.25, -0.2) is 4.98 Å². The molecule has 0 saturated heterocycles. The summed E-state index contributed by atoms with van der Waals surface area (Å²) in [7, 11) is 0. The lowest BCUT2D eigenvalue weighted by molar-refractivity contribution is -0.274. The summed E-state index contributed by atoms with van der Waals surface area (Å²) in [4.78, 5) is 3.48. The molecule has 0 aromatic carbocycles. The first-order valence-corrected chi connectivity index (χ1v) is 3.84. The Morgan fingerprint density at radius 1 is 1.27 bits per heavy atom. The van der Waals surface area contributed by atoms with Crippen LogP contribution in [0.5, 0.6) is 5.75 Å². The number of ether oxygens (including phenoxy) is 1. The molecule has 1 rings (SSSR count). The lowest BCUT2D eigenvalue weighted by Crippen LogP contribution is -2.19. The molecule has 6 N–H and O–H groups in total. The Kier molecular flexibility index (Phi) is 2.89. The van der Waals surface area contributed by atoms with Gasteiger partial charge in [0.05, 0.1) is 0 Å². The van der Waals surface area contributed by atoms with Crippen molar-refractivity contribution in [3.63, 3.8) is 0 Å². The van der Waals surface area contributed by atoms with Crippen LogP contribution in [0.15, 0.2) is 6.07 Å². The summed E-state index contributed by atoms with van der Waals surface area (Å²) >= 11 is 0. The predicted octanol–water partition coefficient (Wildman–Crippen LogP) is 0.603. The molecule has 0 aliphatic carbocycles. The maximum absolute atomic E-state index is 11.9. The number of halogens is 3. The molecule has 1 aromatic heterocycles. The summed E-state index contributed by atoms with van der Waals surface area (Å²) in [6.07, 6.45) is -4.82. The molecule has 0 fully saturated rings. The molecule has 0 amide bonds. The fourth-order valence-electron chi connectivity index (χ4n) is 0.933. The number of aromatic nitrogens is 1. The fourth-order valence-corrected chi connectivity index (χ4v) is 0.933. The topological polar surface area (TPSA) is 100 Å². The van der Waals surface area contributed by atoms with Crippen molar-refractivity contribution in [2.75, 3.05) is 11.5 Å². The smallest absolute Gasteiger partial charge is 0.402 e. The van der Waals surface area contributed by atoms with Gasteiger partial charge >= 0.3 is 6.36 Å². The number of nitrogens with zero attached hydrogens (tertiary/aromatic N) is 1. The van der Waals surface area contributed by atoms with Gasteiger partial charge in [0.2, 0.25) is 0 Å². The summed E-state index contributed by atoms with van der Waals surface area (Å²) in [5, 5.41) is 0. The molecule has 0 unspecified atom stereocenters. The number of alkyl halides is 3. The number of nitrogens with two attached hydrogens (primary N) is 3. The van der Waals surface area contributed by atoms with Crippen molar-refractivity contribution in [3.05, 3.63) is 11.6 Å². The Balaban J connectivity index is 3.08. The molecular weight excluding hydrogens is 213 g/mol. The zero-order valence-electron chi connectivity index (χ0n) is 7.51. The average molecular weight is 222 g/mol. The number of hydrogen-bond donors (Lipinski definition) is 3. The third-order valence-electron chi connectivity index (χ3n) is 1.57. The Hall–Kier alpha value is -1.70. The zero-order valence-corrected chi connectivity index (χ0v) is 7.51. The van der Waals surface area contributed by atoms with Crippen molar-refractivity contribution < 1.29 is 17.9 Å². The van der Waals surface area contributed by atoms with Gasteiger partial charge in [-0.05, 0) is 6.07 Å². The first-order chi connectivity index (χ1) is 6.83. The van der Waals surface area contributed by atoms with E-state index < -0.39 is 17.9 Å². The zero-order chi connectivity index (χ0) is 11.6. The molecule has 0 spiro atoms. The molecule has 84 valence electrons. The quantitative estimate of drug-likeness (QED) is 0.680. The van der Waals surface area contributed by atoms with Crippen LogP contribution in [0.2, 0.25) is 0 Å². The van der Waals surface area contributed by atoms with Gasteiger partial charge in [-0.2, -0.15) is 0 Å². The van der Waals surface area contributed by atoms with Crippen LogP contribution < -0.4 is 21.9 Å². The van der Waals surface area contributed by atoms with Gasteiger partial charge < -0.3 is 21.9 Å². The molecule has 5 nitrogen and oxygen atoms in total. The van der Waals surface area contributed by atoms with Crippen LogP contribution in [-0.2, 0) is 6.54 Å². The van der Waals surface area contributed by atoms with E-state index in [1.807, 2.05) is 0 Å². The third-order valence-corrected chi connectivity index (χ3v) is 1.57. The Labute approximate surface area is 83.0 Å². The van der Waals surface area contributed by atoms with Crippen LogP contribution >= 0.6 is 0 Å². The summed E-state index contributed by atoms with van der Waals surface area (Å²) in [5.74, 6) is -1.04. The predicted molar refractivity (Wildman–Crippen MR) is 47.6 cm³/mol. The summed E-state index contributed by atoms with van der Waals surface area (Å²) in [5.41, 5.74) is 16.0. The van der Waals surface area contributed by atoms with Crippen LogP contribution in [0.3, 0.4) is 0 Å². The van der Waals surface area contributed by atoms with E-state index >= 15 is 0 Å². The number of pyridine rings is 1. The van der Waals surface area contributed by atoms with Crippen molar-refractivity contribution in [1.29, 1.82) is 0 Å². The van der Waals surface area contributed by atoms with Crippen molar-refractivity contribution in [2.24, 2.45) is 5.73 Å². The molecule has 0 aliphatic heterocycles. The van der Waals surface area contributed by atoms with E-state index in [1.54, 1.807) is 0 Å². The van der Waals surface area contributed by atoms with Gasteiger partial charge in [0.15, 0.2) is 11.6 Å². The fraction of sp³-hybridized carbons (Fsp3) is 0.286. The van der Waals surface area contributed by atoms with Crippen LogP contribution in [0.25, 0.3) is 0 Å². The number of nitrogen functional groups attached to an aromatic ring is 2. The van der Waals surface area contributed by atoms with Crippen molar-refractivity contribution in [3.8, 4) is 5.75 Å². The molecule has 0 saturated carbocycles. The molecule has 15 heavy (non-hydrogen) atoms. The highest BCUT2D eigenvalue weighted by atomic mass is 19.4. The molecule has 0 aliphatic rings. The standard InChI is InChI=1S/C7H9F3N4O/c8-7(9,10)15-4-1-3(2-11)5(12)14-6(4)13/h1H,2,11H2,(H4,12,13,14). The van der Waals surface area contributed by atoms with E-state index in [0.717, 1.165) is 6.07 Å².